The molecule has 0 radical (unpaired) electrons. The van der Waals surface area contributed by atoms with Crippen LogP contribution in [0.25, 0.3) is 0 Å². The molecule has 0 saturated heterocycles. The summed E-state index contributed by atoms with van der Waals surface area (Å²) in [7, 11) is 0. The number of carboxylic acids is 1. The highest BCUT2D eigenvalue weighted by molar-refractivity contribution is 5.79. The largest absolute Gasteiger partial charge is 0.492 e. The number of benzene rings is 1. The standard InChI is InChI=1S/C19H27NO5/c1-15-8-10-16(11-9-15)24-14-13-20(12-6-5-7-17(21)22)18(23)25-19(2,3)4/h5,7-11H,6,12-14H2,1-4H3,(H,21,22)/b7-5+. The van der Waals surface area contributed by atoms with Crippen LogP contribution in [0, 0.1) is 6.92 Å². The van der Waals surface area contributed by atoms with Crippen LogP contribution >= 0.6 is 0 Å². The van der Waals surface area contributed by atoms with Crippen molar-refractivity contribution < 1.29 is 24.2 Å². The first-order valence-electron chi connectivity index (χ1n) is 8.24. The Labute approximate surface area is 149 Å². The lowest BCUT2D eigenvalue weighted by Crippen LogP contribution is -2.39. The number of nitrogens with zero attached hydrogens (tertiary/aromatic N) is 1. The van der Waals surface area contributed by atoms with E-state index in [1.54, 1.807) is 20.8 Å². The third kappa shape index (κ3) is 9.39. The molecule has 25 heavy (non-hydrogen) atoms. The Hall–Kier alpha value is -2.50. The number of hydrogen-bond acceptors (Lipinski definition) is 4. The van der Waals surface area contributed by atoms with Gasteiger partial charge in [-0.1, -0.05) is 23.8 Å². The van der Waals surface area contributed by atoms with Gasteiger partial charge in [0.05, 0.1) is 6.54 Å². The fraction of sp³-hybridized carbons (Fsp3) is 0.474. The summed E-state index contributed by atoms with van der Waals surface area (Å²) >= 11 is 0. The molecule has 138 valence electrons. The molecular weight excluding hydrogens is 322 g/mol. The third-order valence-corrected chi connectivity index (χ3v) is 3.13. The lowest BCUT2D eigenvalue weighted by molar-refractivity contribution is -0.131. The fourth-order valence-electron chi connectivity index (χ4n) is 1.94. The molecule has 0 aromatic heterocycles. The molecule has 6 heteroatoms. The zero-order valence-electron chi connectivity index (χ0n) is 15.3. The van der Waals surface area contributed by atoms with Crippen LogP contribution in [0.2, 0.25) is 0 Å². The Morgan fingerprint density at radius 2 is 1.80 bits per heavy atom. The smallest absolute Gasteiger partial charge is 0.410 e. The number of hydrogen-bond donors (Lipinski definition) is 1. The number of ether oxygens (including phenoxy) is 2. The number of carboxylic acid groups (broad SMARTS) is 1. The quantitative estimate of drug-likeness (QED) is 0.725. The highest BCUT2D eigenvalue weighted by atomic mass is 16.6. The minimum atomic E-state index is -1.01. The molecule has 0 heterocycles. The molecule has 0 aliphatic heterocycles. The highest BCUT2D eigenvalue weighted by Crippen LogP contribution is 2.13. The average molecular weight is 349 g/mol. The van der Waals surface area contributed by atoms with Crippen LogP contribution < -0.4 is 4.74 Å². The summed E-state index contributed by atoms with van der Waals surface area (Å²) in [5.74, 6) is -0.271. The van der Waals surface area contributed by atoms with Crippen LogP contribution in [0.5, 0.6) is 5.75 Å². The highest BCUT2D eigenvalue weighted by Gasteiger charge is 2.21. The van der Waals surface area contributed by atoms with Crippen molar-refractivity contribution in [3.63, 3.8) is 0 Å². The Morgan fingerprint density at radius 3 is 2.36 bits per heavy atom. The summed E-state index contributed by atoms with van der Waals surface area (Å²) in [6.45, 7) is 8.44. The zero-order valence-corrected chi connectivity index (χ0v) is 15.3. The van der Waals surface area contributed by atoms with Gasteiger partial charge in [0.1, 0.15) is 18.0 Å². The van der Waals surface area contributed by atoms with E-state index in [-0.39, 0.29) is 0 Å². The summed E-state index contributed by atoms with van der Waals surface area (Å²) in [5, 5.41) is 8.62. The van der Waals surface area contributed by atoms with Gasteiger partial charge < -0.3 is 19.5 Å². The van der Waals surface area contributed by atoms with E-state index in [2.05, 4.69) is 0 Å². The zero-order chi connectivity index (χ0) is 18.9. The molecule has 1 N–H and O–H groups in total. The van der Waals surface area contributed by atoms with Crippen molar-refractivity contribution in [2.75, 3.05) is 19.7 Å². The molecule has 0 atom stereocenters. The molecule has 6 nitrogen and oxygen atoms in total. The molecule has 0 saturated carbocycles. The second-order valence-electron chi connectivity index (χ2n) is 6.66. The van der Waals surface area contributed by atoms with E-state index in [0.29, 0.717) is 26.1 Å². The van der Waals surface area contributed by atoms with Crippen LogP contribution in [0.4, 0.5) is 4.79 Å². The Bertz CT molecular complexity index is 587. The second-order valence-corrected chi connectivity index (χ2v) is 6.66. The first kappa shape index (κ1) is 20.5. The SMILES string of the molecule is Cc1ccc(OCCN(CC/C=C/C(=O)O)C(=O)OC(C)(C)C)cc1. The number of rotatable bonds is 8. The molecule has 1 amide bonds. The average Bonchev–Trinajstić information content (AvgIpc) is 2.49. The van der Waals surface area contributed by atoms with Crippen molar-refractivity contribution in [1.82, 2.24) is 4.90 Å². The van der Waals surface area contributed by atoms with Gasteiger partial charge in [-0.2, -0.15) is 0 Å². The fourth-order valence-corrected chi connectivity index (χ4v) is 1.94. The third-order valence-electron chi connectivity index (χ3n) is 3.13. The van der Waals surface area contributed by atoms with E-state index in [1.807, 2.05) is 31.2 Å². The molecule has 0 aliphatic carbocycles. The van der Waals surface area contributed by atoms with Gasteiger partial charge in [0.15, 0.2) is 0 Å². The van der Waals surface area contributed by atoms with Crippen molar-refractivity contribution in [3.05, 3.63) is 42.0 Å². The molecule has 1 aromatic carbocycles. The minimum Gasteiger partial charge on any atom is -0.492 e. The maximum atomic E-state index is 12.3. The summed E-state index contributed by atoms with van der Waals surface area (Å²) in [5.41, 5.74) is 0.553. The van der Waals surface area contributed by atoms with Gasteiger partial charge in [0.2, 0.25) is 0 Å². The van der Waals surface area contributed by atoms with E-state index in [1.165, 1.54) is 11.0 Å². The van der Waals surface area contributed by atoms with Crippen molar-refractivity contribution in [1.29, 1.82) is 0 Å². The van der Waals surface area contributed by atoms with Gasteiger partial charge in [-0.15, -0.1) is 0 Å². The van der Waals surface area contributed by atoms with Gasteiger partial charge in [-0.05, 0) is 46.2 Å². The van der Waals surface area contributed by atoms with Crippen molar-refractivity contribution in [2.24, 2.45) is 0 Å². The van der Waals surface area contributed by atoms with Crippen LogP contribution in [-0.2, 0) is 9.53 Å². The van der Waals surface area contributed by atoms with Crippen LogP contribution in [0.1, 0.15) is 32.8 Å². The second kappa shape index (κ2) is 9.71. The summed E-state index contributed by atoms with van der Waals surface area (Å²) in [6.07, 6.45) is 2.57. The van der Waals surface area contributed by atoms with E-state index in [4.69, 9.17) is 14.6 Å². The number of carbonyl (C=O) groups is 2. The first-order valence-corrected chi connectivity index (χ1v) is 8.24. The minimum absolute atomic E-state index is 0.324. The molecular formula is C19H27NO5. The van der Waals surface area contributed by atoms with Gasteiger partial charge in [-0.25, -0.2) is 9.59 Å². The van der Waals surface area contributed by atoms with E-state index in [9.17, 15) is 9.59 Å². The molecule has 0 spiro atoms. The maximum absolute atomic E-state index is 12.3. The van der Waals surface area contributed by atoms with Gasteiger partial charge in [0, 0.05) is 12.6 Å². The number of aryl methyl sites for hydroxylation is 1. The van der Waals surface area contributed by atoms with Crippen molar-refractivity contribution in [2.45, 2.75) is 39.7 Å². The molecule has 0 fully saturated rings. The summed E-state index contributed by atoms with van der Waals surface area (Å²) in [4.78, 5) is 24.3. The predicted molar refractivity (Wildman–Crippen MR) is 95.9 cm³/mol. The van der Waals surface area contributed by atoms with Crippen molar-refractivity contribution >= 4 is 12.1 Å². The lowest BCUT2D eigenvalue weighted by Gasteiger charge is -2.27. The van der Waals surface area contributed by atoms with Gasteiger partial charge >= 0.3 is 12.1 Å². The predicted octanol–water partition coefficient (Wildman–Crippen LogP) is 3.64. The normalized spacial score (nSPS) is 11.4. The van der Waals surface area contributed by atoms with E-state index in [0.717, 1.165) is 17.4 Å². The summed E-state index contributed by atoms with van der Waals surface area (Å²) in [6, 6.07) is 7.67. The summed E-state index contributed by atoms with van der Waals surface area (Å²) < 4.78 is 11.0. The van der Waals surface area contributed by atoms with E-state index >= 15 is 0 Å². The van der Waals surface area contributed by atoms with Crippen molar-refractivity contribution in [3.8, 4) is 5.75 Å². The van der Waals surface area contributed by atoms with Crippen LogP contribution in [-0.4, -0.2) is 47.4 Å². The molecule has 1 rings (SSSR count). The van der Waals surface area contributed by atoms with Gasteiger partial charge in [0.25, 0.3) is 0 Å². The monoisotopic (exact) mass is 349 g/mol. The van der Waals surface area contributed by atoms with Crippen LogP contribution in [0.3, 0.4) is 0 Å². The van der Waals surface area contributed by atoms with E-state index < -0.39 is 17.7 Å². The van der Waals surface area contributed by atoms with Crippen LogP contribution in [0.15, 0.2) is 36.4 Å². The first-order chi connectivity index (χ1) is 11.7. The molecule has 1 aromatic rings. The molecule has 0 aliphatic rings. The Balaban J connectivity index is 2.57. The molecule has 0 bridgehead atoms. The maximum Gasteiger partial charge on any atom is 0.410 e. The Morgan fingerprint density at radius 1 is 1.16 bits per heavy atom. The lowest BCUT2D eigenvalue weighted by atomic mass is 10.2. The number of aliphatic carboxylic acids is 1. The Kier molecular flexibility index (Phi) is 7.98. The molecule has 0 unspecified atom stereocenters. The van der Waals surface area contributed by atoms with Gasteiger partial charge in [-0.3, -0.25) is 0 Å². The number of amides is 1. The number of carbonyl (C=O) groups excluding carboxylic acids is 1. The topological polar surface area (TPSA) is 76.1 Å².